The molecule has 2 aromatic carbocycles. The molecule has 0 bridgehead atoms. The van der Waals surface area contributed by atoms with Gasteiger partial charge in [0.2, 0.25) is 0 Å². The lowest BCUT2D eigenvalue weighted by molar-refractivity contribution is 0.126. The number of fused-ring (bicyclic) bond motifs is 1. The highest BCUT2D eigenvalue weighted by Gasteiger charge is 2.23. The SMILES string of the molecule is O=S(=O)(Nc1nc2ccccc2nc1NC1CCC(O)CC1)c1cccc(Cl)c1. The first kappa shape index (κ1) is 19.9. The molecular formula is C20H21ClN4O3S. The minimum atomic E-state index is -3.89. The second kappa shape index (κ2) is 8.14. The van der Waals surface area contributed by atoms with Crippen LogP contribution in [0.1, 0.15) is 25.7 Å². The molecule has 7 nitrogen and oxygen atoms in total. The molecule has 1 aromatic heterocycles. The van der Waals surface area contributed by atoms with E-state index in [4.69, 9.17) is 11.6 Å². The van der Waals surface area contributed by atoms with Gasteiger partial charge in [-0.2, -0.15) is 0 Å². The zero-order chi connectivity index (χ0) is 20.4. The maximum Gasteiger partial charge on any atom is 0.263 e. The molecule has 0 unspecified atom stereocenters. The van der Waals surface area contributed by atoms with Crippen LogP contribution in [-0.2, 0) is 10.0 Å². The molecule has 152 valence electrons. The van der Waals surface area contributed by atoms with Gasteiger partial charge >= 0.3 is 0 Å². The lowest BCUT2D eigenvalue weighted by Gasteiger charge is -2.27. The molecule has 0 aliphatic heterocycles. The molecule has 29 heavy (non-hydrogen) atoms. The van der Waals surface area contributed by atoms with Gasteiger partial charge in [-0.25, -0.2) is 18.4 Å². The van der Waals surface area contributed by atoms with Gasteiger partial charge in [-0.15, -0.1) is 0 Å². The fourth-order valence-corrected chi connectivity index (χ4v) is 4.72. The normalized spacial score (nSPS) is 19.8. The second-order valence-corrected chi connectivity index (χ2v) is 9.24. The van der Waals surface area contributed by atoms with Crippen molar-refractivity contribution < 1.29 is 13.5 Å². The molecule has 1 aliphatic carbocycles. The third kappa shape index (κ3) is 4.60. The Morgan fingerprint density at radius 3 is 2.24 bits per heavy atom. The van der Waals surface area contributed by atoms with Crippen LogP contribution in [0.4, 0.5) is 11.6 Å². The summed E-state index contributed by atoms with van der Waals surface area (Å²) in [5.74, 6) is 0.505. The molecular weight excluding hydrogens is 412 g/mol. The predicted octanol–water partition coefficient (Wildman–Crippen LogP) is 3.80. The van der Waals surface area contributed by atoms with Crippen molar-refractivity contribution in [2.75, 3.05) is 10.0 Å². The van der Waals surface area contributed by atoms with E-state index in [1.165, 1.54) is 12.1 Å². The molecule has 1 aliphatic rings. The van der Waals surface area contributed by atoms with Gasteiger partial charge in [0.15, 0.2) is 11.6 Å². The van der Waals surface area contributed by atoms with E-state index in [1.54, 1.807) is 18.2 Å². The van der Waals surface area contributed by atoms with E-state index >= 15 is 0 Å². The maximum atomic E-state index is 12.9. The van der Waals surface area contributed by atoms with Crippen LogP contribution in [0.15, 0.2) is 53.4 Å². The second-order valence-electron chi connectivity index (χ2n) is 7.12. The van der Waals surface area contributed by atoms with Crippen LogP contribution in [0.3, 0.4) is 0 Å². The van der Waals surface area contributed by atoms with Crippen LogP contribution in [0.5, 0.6) is 0 Å². The molecule has 0 saturated heterocycles. The number of hydrogen-bond donors (Lipinski definition) is 3. The Morgan fingerprint density at radius 1 is 0.931 bits per heavy atom. The van der Waals surface area contributed by atoms with Crippen LogP contribution >= 0.6 is 11.6 Å². The van der Waals surface area contributed by atoms with Crippen molar-refractivity contribution in [2.24, 2.45) is 0 Å². The highest BCUT2D eigenvalue weighted by Crippen LogP contribution is 2.28. The van der Waals surface area contributed by atoms with Gasteiger partial charge in [-0.3, -0.25) is 4.72 Å². The van der Waals surface area contributed by atoms with Crippen LogP contribution < -0.4 is 10.0 Å². The summed E-state index contributed by atoms with van der Waals surface area (Å²) in [7, 11) is -3.89. The van der Waals surface area contributed by atoms with Crippen molar-refractivity contribution in [3.8, 4) is 0 Å². The molecule has 1 fully saturated rings. The summed E-state index contributed by atoms with van der Waals surface area (Å²) in [6, 6.07) is 13.4. The van der Waals surface area contributed by atoms with Crippen LogP contribution in [0.25, 0.3) is 11.0 Å². The largest absolute Gasteiger partial charge is 0.393 e. The number of rotatable bonds is 5. The Labute approximate surface area is 174 Å². The number of aliphatic hydroxyl groups excluding tert-OH is 1. The zero-order valence-electron chi connectivity index (χ0n) is 15.5. The van der Waals surface area contributed by atoms with Crippen LogP contribution in [-0.4, -0.2) is 35.6 Å². The lowest BCUT2D eigenvalue weighted by Crippen LogP contribution is -2.29. The quantitative estimate of drug-likeness (QED) is 0.566. The number of para-hydroxylation sites is 2. The maximum absolute atomic E-state index is 12.9. The van der Waals surface area contributed by atoms with Crippen molar-refractivity contribution >= 4 is 44.3 Å². The van der Waals surface area contributed by atoms with Crippen molar-refractivity contribution in [1.82, 2.24) is 9.97 Å². The van der Waals surface area contributed by atoms with E-state index in [0.717, 1.165) is 12.8 Å². The molecule has 3 N–H and O–H groups in total. The van der Waals surface area contributed by atoms with Gasteiger partial charge in [0.25, 0.3) is 10.0 Å². The minimum Gasteiger partial charge on any atom is -0.393 e. The van der Waals surface area contributed by atoms with E-state index in [2.05, 4.69) is 20.0 Å². The number of benzene rings is 2. The molecule has 0 amide bonds. The number of aliphatic hydroxyl groups is 1. The summed E-state index contributed by atoms with van der Waals surface area (Å²) < 4.78 is 28.3. The number of anilines is 2. The van der Waals surface area contributed by atoms with Gasteiger partial charge in [0, 0.05) is 11.1 Å². The molecule has 0 atom stereocenters. The highest BCUT2D eigenvalue weighted by atomic mass is 35.5. The van der Waals surface area contributed by atoms with Gasteiger partial charge in [0.1, 0.15) is 0 Å². The summed E-state index contributed by atoms with van der Waals surface area (Å²) in [5.41, 5.74) is 1.25. The topological polar surface area (TPSA) is 104 Å². The Balaban J connectivity index is 1.69. The summed E-state index contributed by atoms with van der Waals surface area (Å²) in [6.45, 7) is 0. The summed E-state index contributed by atoms with van der Waals surface area (Å²) in [5, 5.41) is 13.4. The minimum absolute atomic E-state index is 0.0479. The van der Waals surface area contributed by atoms with E-state index in [-0.39, 0.29) is 22.9 Å². The molecule has 1 saturated carbocycles. The third-order valence-corrected chi connectivity index (χ3v) is 6.52. The van der Waals surface area contributed by atoms with Crippen molar-refractivity contribution in [3.05, 3.63) is 53.6 Å². The Morgan fingerprint density at radius 2 is 1.59 bits per heavy atom. The Bertz CT molecular complexity index is 1130. The van der Waals surface area contributed by atoms with E-state index in [1.807, 2.05) is 18.2 Å². The fraction of sp³-hybridized carbons (Fsp3) is 0.300. The molecule has 3 aromatic rings. The number of aromatic nitrogens is 2. The standard InChI is InChI=1S/C20H21ClN4O3S/c21-13-4-3-5-16(12-13)29(27,28)25-20-19(22-14-8-10-15(26)11-9-14)23-17-6-1-2-7-18(17)24-20/h1-7,12,14-15,26H,8-11H2,(H,22,23)(H,24,25). The lowest BCUT2D eigenvalue weighted by atomic mass is 9.93. The van der Waals surface area contributed by atoms with Gasteiger partial charge in [0.05, 0.1) is 22.0 Å². The van der Waals surface area contributed by atoms with Crippen molar-refractivity contribution in [3.63, 3.8) is 0 Å². The van der Waals surface area contributed by atoms with E-state index < -0.39 is 10.0 Å². The smallest absolute Gasteiger partial charge is 0.263 e. The number of nitrogens with one attached hydrogen (secondary N) is 2. The average Bonchev–Trinajstić information content (AvgIpc) is 2.70. The van der Waals surface area contributed by atoms with E-state index in [0.29, 0.717) is 34.7 Å². The number of nitrogens with zero attached hydrogens (tertiary/aromatic N) is 2. The first-order chi connectivity index (χ1) is 13.9. The predicted molar refractivity (Wildman–Crippen MR) is 114 cm³/mol. The summed E-state index contributed by atoms with van der Waals surface area (Å²) in [4.78, 5) is 9.13. The monoisotopic (exact) mass is 432 g/mol. The molecule has 0 spiro atoms. The molecule has 0 radical (unpaired) electrons. The van der Waals surface area contributed by atoms with Crippen molar-refractivity contribution in [1.29, 1.82) is 0 Å². The molecule has 9 heteroatoms. The number of halogens is 1. The third-order valence-electron chi connectivity index (χ3n) is 4.95. The fourth-order valence-electron chi connectivity index (χ4n) is 3.41. The number of sulfonamides is 1. The Hall–Kier alpha value is -2.42. The van der Waals surface area contributed by atoms with Gasteiger partial charge in [-0.05, 0) is 56.0 Å². The van der Waals surface area contributed by atoms with Crippen molar-refractivity contribution in [2.45, 2.75) is 42.7 Å². The van der Waals surface area contributed by atoms with E-state index in [9.17, 15) is 13.5 Å². The molecule has 4 rings (SSSR count). The first-order valence-corrected chi connectivity index (χ1v) is 11.3. The zero-order valence-corrected chi connectivity index (χ0v) is 17.1. The first-order valence-electron chi connectivity index (χ1n) is 9.40. The molecule has 1 heterocycles. The van der Waals surface area contributed by atoms with Crippen LogP contribution in [0.2, 0.25) is 5.02 Å². The number of hydrogen-bond acceptors (Lipinski definition) is 6. The summed E-state index contributed by atoms with van der Waals surface area (Å²) in [6.07, 6.45) is 2.66. The highest BCUT2D eigenvalue weighted by molar-refractivity contribution is 7.92. The summed E-state index contributed by atoms with van der Waals surface area (Å²) >= 11 is 5.95. The average molecular weight is 433 g/mol. The Kier molecular flexibility index (Phi) is 5.58. The van der Waals surface area contributed by atoms with Gasteiger partial charge < -0.3 is 10.4 Å². The van der Waals surface area contributed by atoms with Gasteiger partial charge in [-0.1, -0.05) is 29.8 Å². The van der Waals surface area contributed by atoms with Crippen LogP contribution in [0, 0.1) is 0 Å².